The summed E-state index contributed by atoms with van der Waals surface area (Å²) in [5.74, 6) is -1.04. The molecule has 15 nitrogen and oxygen atoms in total. The predicted molar refractivity (Wildman–Crippen MR) is 248 cm³/mol. The Kier molecular flexibility index (Phi) is 13.1. The Labute approximate surface area is 380 Å². The summed E-state index contributed by atoms with van der Waals surface area (Å²) in [6.45, 7) is 15.4. The van der Waals surface area contributed by atoms with Crippen LogP contribution in [0.15, 0.2) is 41.9 Å². The van der Waals surface area contributed by atoms with Crippen LogP contribution in [0.4, 0.5) is 4.79 Å². The standard InChI is InChI=1S/C48H65N9O6S/c1-10-55-39-15-14-31-19-35(39)36(43(55)34-13-11-17-49-41(34)30(4)62-9)22-47(5,6)27-63-28-48(26-58)16-12-18-56(52-48)45(60)37(21-40-50-38(31)25-64-40)51-44(59)42(29(2)3)54(8)46(61)57-32-20-33(57)24-53(7)23-32/h11,13-15,17,19,25-26,29-30,32-33,37,42,52H,10,12,16,18,20-24,27-28H2,1-9H3,(H,51,59)/t30-,32?,33?,37-,42-,48?/m0/s1. The Morgan fingerprint density at radius 3 is 2.62 bits per heavy atom. The van der Waals surface area contributed by atoms with E-state index in [1.54, 1.807) is 19.1 Å². The van der Waals surface area contributed by atoms with Gasteiger partial charge in [0.1, 0.15) is 23.9 Å². The number of likely N-dealkylation sites (N-methyl/N-ethyl adjacent to an activating group) is 2. The van der Waals surface area contributed by atoms with Crippen LogP contribution in [0.1, 0.15) is 83.2 Å². The van der Waals surface area contributed by atoms with Gasteiger partial charge in [-0.15, -0.1) is 11.3 Å². The molecule has 0 radical (unpaired) electrons. The van der Waals surface area contributed by atoms with Crippen molar-refractivity contribution in [2.45, 2.75) is 116 Å². The van der Waals surface area contributed by atoms with E-state index in [1.807, 2.05) is 43.3 Å². The number of hydrogen-bond donors (Lipinski definition) is 2. The van der Waals surface area contributed by atoms with Crippen LogP contribution < -0.4 is 10.7 Å². The van der Waals surface area contributed by atoms with Gasteiger partial charge in [-0.2, -0.15) is 0 Å². The predicted octanol–water partition coefficient (Wildman–Crippen LogP) is 5.71. The molecule has 3 saturated heterocycles. The van der Waals surface area contributed by atoms with Gasteiger partial charge in [0, 0.05) is 92.4 Å². The first kappa shape index (κ1) is 45.8. The summed E-state index contributed by atoms with van der Waals surface area (Å²) in [6.07, 6.45) is 5.20. The number of fused-ring (bicyclic) bond motifs is 8. The Hall–Kier alpha value is -4.74. The molecule has 4 amide bonds. The van der Waals surface area contributed by atoms with E-state index in [0.29, 0.717) is 37.4 Å². The van der Waals surface area contributed by atoms with Crippen LogP contribution in [-0.2, 0) is 43.2 Å². The van der Waals surface area contributed by atoms with Crippen LogP contribution >= 0.6 is 11.3 Å². The first-order valence-corrected chi connectivity index (χ1v) is 23.7. The molecule has 6 atom stereocenters. The molecule has 8 rings (SSSR count). The summed E-state index contributed by atoms with van der Waals surface area (Å²) in [5, 5.41) is 8.33. The van der Waals surface area contributed by atoms with E-state index in [-0.39, 0.29) is 54.5 Å². The van der Waals surface area contributed by atoms with E-state index >= 15 is 0 Å². The number of carbonyl (C=O) groups is 4. The molecular weight excluding hydrogens is 831 g/mol. The van der Waals surface area contributed by atoms with Crippen molar-refractivity contribution in [3.63, 3.8) is 0 Å². The third-order valence-corrected chi connectivity index (χ3v) is 14.6. The summed E-state index contributed by atoms with van der Waals surface area (Å²) < 4.78 is 14.7. The molecule has 3 unspecified atom stereocenters. The van der Waals surface area contributed by atoms with E-state index < -0.39 is 23.5 Å². The van der Waals surface area contributed by atoms with E-state index in [2.05, 4.69) is 72.3 Å². The summed E-state index contributed by atoms with van der Waals surface area (Å²) in [5.41, 5.74) is 8.62. The van der Waals surface area contributed by atoms with Gasteiger partial charge >= 0.3 is 6.03 Å². The van der Waals surface area contributed by atoms with Gasteiger partial charge in [0.2, 0.25) is 5.91 Å². The number of pyridine rings is 1. The molecule has 16 heteroatoms. The minimum absolute atomic E-state index is 0.0546. The molecule has 4 aliphatic rings. The monoisotopic (exact) mass is 895 g/mol. The fraction of sp³-hybridized carbons (Fsp3) is 0.583. The molecule has 2 N–H and O–H groups in total. The second-order valence-corrected chi connectivity index (χ2v) is 20.5. The van der Waals surface area contributed by atoms with Crippen molar-refractivity contribution in [1.82, 2.24) is 45.0 Å². The Morgan fingerprint density at radius 2 is 1.92 bits per heavy atom. The van der Waals surface area contributed by atoms with Crippen LogP contribution in [0, 0.1) is 11.3 Å². The number of rotatable bonds is 9. The highest BCUT2D eigenvalue weighted by molar-refractivity contribution is 7.10. The molecule has 64 heavy (non-hydrogen) atoms. The van der Waals surface area contributed by atoms with Crippen molar-refractivity contribution in [3.8, 4) is 22.5 Å². The molecular formula is C48H65N9O6S. The number of nitrogens with zero attached hydrogens (tertiary/aromatic N) is 7. The number of likely N-dealkylation sites (tertiary alicyclic amines) is 2. The maximum Gasteiger partial charge on any atom is 0.321 e. The van der Waals surface area contributed by atoms with Crippen molar-refractivity contribution in [2.24, 2.45) is 11.3 Å². The van der Waals surface area contributed by atoms with Crippen molar-refractivity contribution in [3.05, 3.63) is 58.2 Å². The number of nitrogens with one attached hydrogen (secondary N) is 2. The average molecular weight is 896 g/mol. The second-order valence-electron chi connectivity index (χ2n) is 19.6. The number of carbonyl (C=O) groups excluding carboxylic acids is 4. The Bertz CT molecular complexity index is 2380. The molecule has 4 aliphatic heterocycles. The van der Waals surface area contributed by atoms with E-state index in [4.69, 9.17) is 19.4 Å². The fourth-order valence-corrected chi connectivity index (χ4v) is 11.4. The molecule has 8 bridgehead atoms. The lowest BCUT2D eigenvalue weighted by Gasteiger charge is -2.56. The largest absolute Gasteiger partial charge is 0.378 e. The van der Waals surface area contributed by atoms with Crippen LogP contribution in [0.3, 0.4) is 0 Å². The summed E-state index contributed by atoms with van der Waals surface area (Å²) >= 11 is 1.44. The second kappa shape index (κ2) is 18.3. The quantitative estimate of drug-likeness (QED) is 0.200. The Balaban J connectivity index is 1.18. The topological polar surface area (TPSA) is 154 Å². The number of piperazine rings is 1. The average Bonchev–Trinajstić information content (AvgIpc) is 3.86. The molecule has 1 aromatic carbocycles. The number of benzene rings is 1. The molecule has 0 spiro atoms. The van der Waals surface area contributed by atoms with E-state index in [1.165, 1.54) is 16.3 Å². The van der Waals surface area contributed by atoms with Crippen LogP contribution in [-0.4, -0.2) is 142 Å². The number of thiazole rings is 1. The summed E-state index contributed by atoms with van der Waals surface area (Å²) in [7, 11) is 5.45. The minimum Gasteiger partial charge on any atom is -0.378 e. The van der Waals surface area contributed by atoms with Gasteiger partial charge in [-0.25, -0.2) is 15.2 Å². The van der Waals surface area contributed by atoms with Crippen LogP contribution in [0.5, 0.6) is 0 Å². The van der Waals surface area contributed by atoms with E-state index in [9.17, 15) is 19.2 Å². The normalized spacial score (nSPS) is 24.8. The molecule has 3 aromatic heterocycles. The number of methoxy groups -OCH3 is 1. The van der Waals surface area contributed by atoms with Crippen molar-refractivity contribution < 1.29 is 28.7 Å². The van der Waals surface area contributed by atoms with Gasteiger partial charge in [0.05, 0.1) is 41.4 Å². The molecule has 0 saturated carbocycles. The van der Waals surface area contributed by atoms with Gasteiger partial charge in [-0.05, 0) is 87.7 Å². The summed E-state index contributed by atoms with van der Waals surface area (Å²) in [6, 6.07) is 8.76. The van der Waals surface area contributed by atoms with Gasteiger partial charge < -0.3 is 38.9 Å². The maximum atomic E-state index is 14.8. The zero-order valence-corrected chi connectivity index (χ0v) is 39.7. The number of hydrazine groups is 1. The van der Waals surface area contributed by atoms with Gasteiger partial charge in [-0.1, -0.05) is 33.8 Å². The Morgan fingerprint density at radius 1 is 1.16 bits per heavy atom. The van der Waals surface area contributed by atoms with Crippen molar-refractivity contribution in [2.75, 3.05) is 54.1 Å². The van der Waals surface area contributed by atoms with Gasteiger partial charge in [-0.3, -0.25) is 19.6 Å². The lowest BCUT2D eigenvalue weighted by molar-refractivity contribution is -0.147. The van der Waals surface area contributed by atoms with Crippen LogP contribution in [0.25, 0.3) is 33.4 Å². The number of aromatic nitrogens is 3. The van der Waals surface area contributed by atoms with Crippen molar-refractivity contribution in [1.29, 1.82) is 0 Å². The molecule has 7 heterocycles. The number of hydrogen-bond acceptors (Lipinski definition) is 11. The highest BCUT2D eigenvalue weighted by atomic mass is 32.1. The lowest BCUT2D eigenvalue weighted by Crippen LogP contribution is -2.72. The third kappa shape index (κ3) is 8.71. The zero-order valence-electron chi connectivity index (χ0n) is 38.8. The molecule has 0 aliphatic carbocycles. The van der Waals surface area contributed by atoms with E-state index in [0.717, 1.165) is 77.0 Å². The number of ether oxygens (including phenoxy) is 2. The van der Waals surface area contributed by atoms with Crippen molar-refractivity contribution >= 4 is 46.4 Å². The van der Waals surface area contributed by atoms with Gasteiger partial charge in [0.25, 0.3) is 5.91 Å². The van der Waals surface area contributed by atoms with Crippen LogP contribution in [0.2, 0.25) is 0 Å². The first-order valence-electron chi connectivity index (χ1n) is 22.8. The zero-order chi connectivity index (χ0) is 45.7. The smallest absolute Gasteiger partial charge is 0.321 e. The molecule has 4 aromatic rings. The summed E-state index contributed by atoms with van der Waals surface area (Å²) in [4.78, 5) is 72.0. The SMILES string of the molecule is CCn1c(-c2cccnc2[C@H](C)OC)c2c3cc(ccc31)-c1csc(n1)C[C@H](NC(=O)[C@H](C(C)C)N(C)C(=O)N1C3CC1CN(C)C3)C(=O)N1CCCC(C=O)(COCC(C)(C)C2)N1. The number of amides is 4. The maximum absolute atomic E-state index is 14.8. The fourth-order valence-electron chi connectivity index (χ4n) is 10.5. The number of piperidine rings is 1. The molecule has 344 valence electrons. The lowest BCUT2D eigenvalue weighted by atomic mass is 9.84. The first-order chi connectivity index (χ1) is 30.6. The minimum atomic E-state index is -1.16. The molecule has 3 fully saturated rings. The third-order valence-electron chi connectivity index (χ3n) is 13.7. The van der Waals surface area contributed by atoms with Gasteiger partial charge in [0.15, 0.2) is 0 Å². The highest BCUT2D eigenvalue weighted by Gasteiger charge is 2.49. The number of aryl methyl sites for hydroxylation is 1. The number of aldehydes is 1. The highest BCUT2D eigenvalue weighted by Crippen LogP contribution is 2.42. The number of urea groups is 1.